The summed E-state index contributed by atoms with van der Waals surface area (Å²) < 4.78 is 29.1. The summed E-state index contributed by atoms with van der Waals surface area (Å²) in [5.41, 5.74) is 1.62. The molecule has 0 spiro atoms. The van der Waals surface area contributed by atoms with Gasteiger partial charge in [-0.25, -0.2) is 27.6 Å². The van der Waals surface area contributed by atoms with E-state index < -0.39 is 22.0 Å². The minimum Gasteiger partial charge on any atom is -0.478 e. The molecule has 1 atom stereocenters. The molecule has 0 aliphatic heterocycles. The van der Waals surface area contributed by atoms with E-state index >= 15 is 0 Å². The van der Waals surface area contributed by atoms with Gasteiger partial charge in [0.2, 0.25) is 10.0 Å². The maximum atomic E-state index is 12.5. The van der Waals surface area contributed by atoms with Gasteiger partial charge in [-0.05, 0) is 48.9 Å². The SMILES string of the molecule is C[C@H](NS(=O)(=O)c1ccc(C(=O)O)cc1)c1ccc(-n2cncn2)cc1. The van der Waals surface area contributed by atoms with Crippen molar-refractivity contribution in [3.63, 3.8) is 0 Å². The molecule has 3 rings (SSSR count). The van der Waals surface area contributed by atoms with E-state index in [0.717, 1.165) is 11.3 Å². The van der Waals surface area contributed by atoms with Crippen molar-refractivity contribution in [3.05, 3.63) is 72.3 Å². The molecule has 8 nitrogen and oxygen atoms in total. The molecule has 0 saturated heterocycles. The van der Waals surface area contributed by atoms with Gasteiger partial charge in [-0.1, -0.05) is 12.1 Å². The Morgan fingerprint density at radius 2 is 1.77 bits per heavy atom. The van der Waals surface area contributed by atoms with Gasteiger partial charge in [0, 0.05) is 6.04 Å². The number of carboxylic acid groups (broad SMARTS) is 1. The number of nitrogens with one attached hydrogen (secondary N) is 1. The Morgan fingerprint density at radius 3 is 2.31 bits per heavy atom. The molecule has 0 radical (unpaired) electrons. The number of sulfonamides is 1. The molecule has 9 heteroatoms. The average Bonchev–Trinajstić information content (AvgIpc) is 3.16. The van der Waals surface area contributed by atoms with E-state index in [2.05, 4.69) is 14.8 Å². The molecule has 1 heterocycles. The summed E-state index contributed by atoms with van der Waals surface area (Å²) in [6.07, 6.45) is 3.00. The van der Waals surface area contributed by atoms with Gasteiger partial charge in [-0.3, -0.25) is 0 Å². The summed E-state index contributed by atoms with van der Waals surface area (Å²) in [4.78, 5) is 14.7. The maximum absolute atomic E-state index is 12.5. The highest BCUT2D eigenvalue weighted by molar-refractivity contribution is 7.89. The third-order valence-corrected chi connectivity index (χ3v) is 5.38. The van der Waals surface area contributed by atoms with E-state index in [1.807, 2.05) is 12.1 Å². The Kier molecular flexibility index (Phi) is 4.83. The lowest BCUT2D eigenvalue weighted by molar-refractivity contribution is 0.0696. The summed E-state index contributed by atoms with van der Waals surface area (Å²) in [7, 11) is -3.77. The molecule has 0 bridgehead atoms. The van der Waals surface area contributed by atoms with Crippen molar-refractivity contribution in [2.45, 2.75) is 17.9 Å². The van der Waals surface area contributed by atoms with Gasteiger partial charge in [0.05, 0.1) is 16.1 Å². The number of aromatic nitrogens is 3. The number of hydrogen-bond acceptors (Lipinski definition) is 5. The topological polar surface area (TPSA) is 114 Å². The van der Waals surface area contributed by atoms with Crippen LogP contribution in [0.3, 0.4) is 0 Å². The quantitative estimate of drug-likeness (QED) is 0.684. The second kappa shape index (κ2) is 7.06. The lowest BCUT2D eigenvalue weighted by atomic mass is 10.1. The average molecular weight is 372 g/mol. The monoisotopic (exact) mass is 372 g/mol. The summed E-state index contributed by atoms with van der Waals surface area (Å²) in [6, 6.07) is 11.8. The third-order valence-electron chi connectivity index (χ3n) is 3.82. The number of carboxylic acids is 1. The van der Waals surface area contributed by atoms with Crippen LogP contribution in [0, 0.1) is 0 Å². The number of carbonyl (C=O) groups is 1. The van der Waals surface area contributed by atoms with E-state index in [4.69, 9.17) is 5.11 Å². The summed E-state index contributed by atoms with van der Waals surface area (Å²) in [6.45, 7) is 1.73. The van der Waals surface area contributed by atoms with Gasteiger partial charge >= 0.3 is 5.97 Å². The van der Waals surface area contributed by atoms with Crippen LogP contribution in [0.2, 0.25) is 0 Å². The number of nitrogens with zero attached hydrogens (tertiary/aromatic N) is 3. The van der Waals surface area contributed by atoms with Crippen LogP contribution < -0.4 is 4.72 Å². The fraction of sp³-hybridized carbons (Fsp3) is 0.118. The molecule has 0 fully saturated rings. The zero-order chi connectivity index (χ0) is 18.7. The van der Waals surface area contributed by atoms with E-state index in [1.165, 1.54) is 30.6 Å². The molecule has 0 saturated carbocycles. The predicted octanol–water partition coefficient (Wildman–Crippen LogP) is 2.00. The van der Waals surface area contributed by atoms with E-state index in [0.29, 0.717) is 0 Å². The number of aromatic carboxylic acids is 1. The van der Waals surface area contributed by atoms with Crippen molar-refractivity contribution >= 4 is 16.0 Å². The van der Waals surface area contributed by atoms with Gasteiger partial charge in [0.15, 0.2) is 0 Å². The standard InChI is InChI=1S/C17H16N4O4S/c1-12(13-2-6-15(7-3-13)21-11-18-10-19-21)20-26(24,25)16-8-4-14(5-9-16)17(22)23/h2-12,20H,1H3,(H,22,23)/t12-/m0/s1. The van der Waals surface area contributed by atoms with Crippen molar-refractivity contribution in [1.29, 1.82) is 0 Å². The first-order valence-electron chi connectivity index (χ1n) is 7.67. The van der Waals surface area contributed by atoms with Crippen LogP contribution >= 0.6 is 0 Å². The molecular formula is C17H16N4O4S. The van der Waals surface area contributed by atoms with Crippen molar-refractivity contribution in [2.75, 3.05) is 0 Å². The van der Waals surface area contributed by atoms with Crippen LogP contribution in [-0.4, -0.2) is 34.3 Å². The Bertz CT molecular complexity index is 998. The first kappa shape index (κ1) is 17.8. The van der Waals surface area contributed by atoms with Crippen LogP contribution in [-0.2, 0) is 10.0 Å². The van der Waals surface area contributed by atoms with Crippen molar-refractivity contribution in [1.82, 2.24) is 19.5 Å². The molecule has 0 unspecified atom stereocenters. The molecule has 1 aromatic heterocycles. The molecule has 0 aliphatic carbocycles. The fourth-order valence-corrected chi connectivity index (χ4v) is 3.63. The molecular weight excluding hydrogens is 356 g/mol. The summed E-state index contributed by atoms with van der Waals surface area (Å²) >= 11 is 0. The second-order valence-electron chi connectivity index (χ2n) is 5.60. The molecule has 134 valence electrons. The lowest BCUT2D eigenvalue weighted by Gasteiger charge is -2.15. The van der Waals surface area contributed by atoms with Crippen molar-refractivity contribution in [3.8, 4) is 5.69 Å². The fourth-order valence-electron chi connectivity index (χ4n) is 2.40. The highest BCUT2D eigenvalue weighted by Gasteiger charge is 2.19. The summed E-state index contributed by atoms with van der Waals surface area (Å²) in [5, 5.41) is 12.9. The smallest absolute Gasteiger partial charge is 0.335 e. The highest BCUT2D eigenvalue weighted by Crippen LogP contribution is 2.19. The number of rotatable bonds is 6. The van der Waals surface area contributed by atoms with Crippen LogP contribution in [0.25, 0.3) is 5.69 Å². The molecule has 2 N–H and O–H groups in total. The van der Waals surface area contributed by atoms with E-state index in [-0.39, 0.29) is 10.5 Å². The van der Waals surface area contributed by atoms with E-state index in [9.17, 15) is 13.2 Å². The van der Waals surface area contributed by atoms with Crippen molar-refractivity contribution in [2.24, 2.45) is 0 Å². The van der Waals surface area contributed by atoms with E-state index in [1.54, 1.807) is 30.1 Å². The second-order valence-corrected chi connectivity index (χ2v) is 7.32. The lowest BCUT2D eigenvalue weighted by Crippen LogP contribution is -2.27. The van der Waals surface area contributed by atoms with Crippen LogP contribution in [0.4, 0.5) is 0 Å². The molecule has 3 aromatic rings. The van der Waals surface area contributed by atoms with Gasteiger partial charge in [-0.15, -0.1) is 0 Å². The minimum absolute atomic E-state index is 0.00795. The van der Waals surface area contributed by atoms with Crippen LogP contribution in [0.15, 0.2) is 66.1 Å². The molecule has 26 heavy (non-hydrogen) atoms. The third kappa shape index (κ3) is 3.79. The maximum Gasteiger partial charge on any atom is 0.335 e. The highest BCUT2D eigenvalue weighted by atomic mass is 32.2. The predicted molar refractivity (Wildman–Crippen MR) is 93.5 cm³/mol. The first-order valence-corrected chi connectivity index (χ1v) is 9.16. The summed E-state index contributed by atoms with van der Waals surface area (Å²) in [5.74, 6) is -1.11. The van der Waals surface area contributed by atoms with Crippen molar-refractivity contribution < 1.29 is 18.3 Å². The molecule has 0 aliphatic rings. The Labute approximate surface area is 150 Å². The zero-order valence-electron chi connectivity index (χ0n) is 13.8. The van der Waals surface area contributed by atoms with Crippen LogP contribution in [0.1, 0.15) is 28.9 Å². The minimum atomic E-state index is -3.77. The number of hydrogen-bond donors (Lipinski definition) is 2. The van der Waals surface area contributed by atoms with Crippen LogP contribution in [0.5, 0.6) is 0 Å². The molecule has 0 amide bonds. The number of benzene rings is 2. The van der Waals surface area contributed by atoms with Gasteiger partial charge in [0.25, 0.3) is 0 Å². The normalized spacial score (nSPS) is 12.7. The first-order chi connectivity index (χ1) is 12.4. The Morgan fingerprint density at radius 1 is 1.12 bits per heavy atom. The van der Waals surface area contributed by atoms with Gasteiger partial charge in [0.1, 0.15) is 12.7 Å². The Hall–Kier alpha value is -3.04. The Balaban J connectivity index is 1.75. The van der Waals surface area contributed by atoms with Gasteiger partial charge < -0.3 is 5.11 Å². The largest absolute Gasteiger partial charge is 0.478 e. The zero-order valence-corrected chi connectivity index (χ0v) is 14.6. The van der Waals surface area contributed by atoms with Gasteiger partial charge in [-0.2, -0.15) is 5.10 Å². The molecule has 2 aromatic carbocycles.